The molecule has 0 atom stereocenters. The van der Waals surface area contributed by atoms with Gasteiger partial charge in [0.1, 0.15) is 16.9 Å². The number of fused-ring (bicyclic) bond motifs is 3. The topological polar surface area (TPSA) is 33.4 Å². The Kier molecular flexibility index (Phi) is 3.05. The van der Waals surface area contributed by atoms with Crippen LogP contribution in [-0.4, -0.2) is 5.11 Å². The summed E-state index contributed by atoms with van der Waals surface area (Å²) in [6.45, 7) is 5.90. The molecule has 0 bridgehead atoms. The first-order valence-electron chi connectivity index (χ1n) is 5.87. The van der Waals surface area contributed by atoms with Gasteiger partial charge in [-0.3, -0.25) is 0 Å². The monoisotopic (exact) mass is 228 g/mol. The Hall–Kier alpha value is -1.96. The van der Waals surface area contributed by atoms with E-state index >= 15 is 0 Å². The summed E-state index contributed by atoms with van der Waals surface area (Å²) in [6, 6.07) is 11.3. The summed E-state index contributed by atoms with van der Waals surface area (Å²) >= 11 is 0. The van der Waals surface area contributed by atoms with Crippen LogP contribution in [-0.2, 0) is 0 Å². The Balaban J connectivity index is 0.000000514. The van der Waals surface area contributed by atoms with Crippen molar-refractivity contribution >= 4 is 21.9 Å². The average Bonchev–Trinajstić information content (AvgIpc) is 2.75. The number of benzene rings is 2. The van der Waals surface area contributed by atoms with Crippen molar-refractivity contribution < 1.29 is 9.52 Å². The number of phenols is 1. The second-order valence-corrected chi connectivity index (χ2v) is 3.68. The predicted octanol–water partition coefficient (Wildman–Crippen LogP) is 4.63. The van der Waals surface area contributed by atoms with E-state index in [1.165, 1.54) is 0 Å². The van der Waals surface area contributed by atoms with Gasteiger partial charge in [-0.2, -0.15) is 0 Å². The van der Waals surface area contributed by atoms with Crippen LogP contribution in [0.25, 0.3) is 21.9 Å². The smallest absolute Gasteiger partial charge is 0.135 e. The first-order chi connectivity index (χ1) is 8.27. The van der Waals surface area contributed by atoms with Crippen molar-refractivity contribution in [1.29, 1.82) is 0 Å². The molecule has 0 aliphatic heterocycles. The highest BCUT2D eigenvalue weighted by molar-refractivity contribution is 6.07. The zero-order valence-corrected chi connectivity index (χ0v) is 10.3. The Morgan fingerprint density at radius 1 is 0.941 bits per heavy atom. The van der Waals surface area contributed by atoms with Gasteiger partial charge in [-0.25, -0.2) is 0 Å². The Morgan fingerprint density at radius 2 is 1.65 bits per heavy atom. The van der Waals surface area contributed by atoms with E-state index in [-0.39, 0.29) is 0 Å². The fourth-order valence-electron chi connectivity index (χ4n) is 1.98. The molecule has 3 aromatic rings. The SMILES string of the molecule is CC.Cc1c(O)ccc2oc3ccccc3c12. The van der Waals surface area contributed by atoms with E-state index in [2.05, 4.69) is 0 Å². The largest absolute Gasteiger partial charge is 0.508 e. The van der Waals surface area contributed by atoms with Crippen LogP contribution >= 0.6 is 0 Å². The molecular weight excluding hydrogens is 212 g/mol. The molecule has 2 nitrogen and oxygen atoms in total. The third-order valence-electron chi connectivity index (χ3n) is 2.77. The highest BCUT2D eigenvalue weighted by atomic mass is 16.3. The lowest BCUT2D eigenvalue weighted by molar-refractivity contribution is 0.472. The van der Waals surface area contributed by atoms with Crippen molar-refractivity contribution in [2.45, 2.75) is 20.8 Å². The summed E-state index contributed by atoms with van der Waals surface area (Å²) < 4.78 is 5.68. The van der Waals surface area contributed by atoms with Crippen molar-refractivity contribution in [3.05, 3.63) is 42.0 Å². The molecule has 0 saturated carbocycles. The van der Waals surface area contributed by atoms with Gasteiger partial charge in [0.25, 0.3) is 0 Å². The van der Waals surface area contributed by atoms with Gasteiger partial charge in [0.05, 0.1) is 0 Å². The Bertz CT molecular complexity index is 650. The number of phenolic OH excluding ortho intramolecular Hbond substituents is 1. The molecule has 0 unspecified atom stereocenters. The molecule has 0 radical (unpaired) electrons. The van der Waals surface area contributed by atoms with Gasteiger partial charge in [-0.15, -0.1) is 0 Å². The van der Waals surface area contributed by atoms with Crippen molar-refractivity contribution in [1.82, 2.24) is 0 Å². The number of rotatable bonds is 0. The number of hydrogen-bond acceptors (Lipinski definition) is 2. The minimum atomic E-state index is 0.314. The Labute approximate surface area is 100 Å². The van der Waals surface area contributed by atoms with E-state index in [1.54, 1.807) is 12.1 Å². The first kappa shape index (κ1) is 11.5. The van der Waals surface area contributed by atoms with Gasteiger partial charge in [-0.05, 0) is 25.1 Å². The maximum atomic E-state index is 9.65. The lowest BCUT2D eigenvalue weighted by Gasteiger charge is -1.98. The van der Waals surface area contributed by atoms with Crippen LogP contribution in [0, 0.1) is 6.92 Å². The molecule has 0 spiro atoms. The molecule has 88 valence electrons. The molecule has 1 heterocycles. The second kappa shape index (κ2) is 4.50. The standard InChI is InChI=1S/C13H10O2.C2H6/c1-8-10(14)6-7-12-13(8)9-4-2-3-5-11(9)15-12;1-2/h2-7,14H,1H3;1-2H3. The predicted molar refractivity (Wildman–Crippen MR) is 71.5 cm³/mol. The summed E-state index contributed by atoms with van der Waals surface area (Å²) in [5, 5.41) is 11.7. The molecule has 0 aliphatic rings. The van der Waals surface area contributed by atoms with Gasteiger partial charge in [0, 0.05) is 16.3 Å². The zero-order valence-electron chi connectivity index (χ0n) is 10.3. The molecule has 3 rings (SSSR count). The molecule has 0 saturated heterocycles. The molecule has 1 aromatic heterocycles. The van der Waals surface area contributed by atoms with Gasteiger partial charge in [-0.1, -0.05) is 32.0 Å². The summed E-state index contributed by atoms with van der Waals surface area (Å²) in [5.74, 6) is 0.314. The summed E-state index contributed by atoms with van der Waals surface area (Å²) in [6.07, 6.45) is 0. The van der Waals surface area contributed by atoms with Crippen molar-refractivity contribution in [3.63, 3.8) is 0 Å². The Morgan fingerprint density at radius 3 is 2.41 bits per heavy atom. The zero-order chi connectivity index (χ0) is 12.4. The summed E-state index contributed by atoms with van der Waals surface area (Å²) in [7, 11) is 0. The fourth-order valence-corrected chi connectivity index (χ4v) is 1.98. The van der Waals surface area contributed by atoms with Gasteiger partial charge in [0.15, 0.2) is 0 Å². The van der Waals surface area contributed by atoms with Gasteiger partial charge in [0.2, 0.25) is 0 Å². The van der Waals surface area contributed by atoms with Crippen LogP contribution < -0.4 is 0 Å². The lowest BCUT2D eigenvalue weighted by Crippen LogP contribution is -1.75. The van der Waals surface area contributed by atoms with Crippen molar-refractivity contribution in [2.75, 3.05) is 0 Å². The maximum absolute atomic E-state index is 9.65. The summed E-state index contributed by atoms with van der Waals surface area (Å²) in [4.78, 5) is 0. The maximum Gasteiger partial charge on any atom is 0.135 e. The van der Waals surface area contributed by atoms with E-state index in [9.17, 15) is 5.11 Å². The highest BCUT2D eigenvalue weighted by Crippen LogP contribution is 2.34. The number of aryl methyl sites for hydroxylation is 1. The van der Waals surface area contributed by atoms with Crippen LogP contribution in [0.1, 0.15) is 19.4 Å². The summed E-state index contributed by atoms with van der Waals surface area (Å²) in [5.41, 5.74) is 2.56. The minimum absolute atomic E-state index is 0.314. The quantitative estimate of drug-likeness (QED) is 0.608. The normalized spacial score (nSPS) is 10.3. The molecule has 0 amide bonds. The van der Waals surface area contributed by atoms with E-state index in [0.29, 0.717) is 5.75 Å². The van der Waals surface area contributed by atoms with E-state index in [4.69, 9.17) is 4.42 Å². The van der Waals surface area contributed by atoms with Crippen LogP contribution in [0.15, 0.2) is 40.8 Å². The molecular formula is C15H16O2. The first-order valence-corrected chi connectivity index (χ1v) is 5.87. The number of hydrogen-bond donors (Lipinski definition) is 1. The van der Waals surface area contributed by atoms with E-state index in [0.717, 1.165) is 27.5 Å². The third-order valence-corrected chi connectivity index (χ3v) is 2.77. The fraction of sp³-hybridized carbons (Fsp3) is 0.200. The van der Waals surface area contributed by atoms with Crippen LogP contribution in [0.5, 0.6) is 5.75 Å². The van der Waals surface area contributed by atoms with Crippen LogP contribution in [0.3, 0.4) is 0 Å². The van der Waals surface area contributed by atoms with Crippen molar-refractivity contribution in [2.24, 2.45) is 0 Å². The number of para-hydroxylation sites is 1. The van der Waals surface area contributed by atoms with Crippen LogP contribution in [0.4, 0.5) is 0 Å². The third kappa shape index (κ3) is 1.76. The van der Waals surface area contributed by atoms with E-state index in [1.807, 2.05) is 45.0 Å². The van der Waals surface area contributed by atoms with Crippen molar-refractivity contribution in [3.8, 4) is 5.75 Å². The van der Waals surface area contributed by atoms with Crippen LogP contribution in [0.2, 0.25) is 0 Å². The minimum Gasteiger partial charge on any atom is -0.508 e. The van der Waals surface area contributed by atoms with E-state index < -0.39 is 0 Å². The number of furan rings is 1. The molecule has 0 fully saturated rings. The lowest BCUT2D eigenvalue weighted by atomic mass is 10.1. The highest BCUT2D eigenvalue weighted by Gasteiger charge is 2.10. The molecule has 2 aromatic carbocycles. The second-order valence-electron chi connectivity index (χ2n) is 3.68. The number of aromatic hydroxyl groups is 1. The molecule has 1 N–H and O–H groups in total. The molecule has 17 heavy (non-hydrogen) atoms. The van der Waals surface area contributed by atoms with Gasteiger partial charge < -0.3 is 9.52 Å². The average molecular weight is 228 g/mol. The molecule has 0 aliphatic carbocycles. The van der Waals surface area contributed by atoms with Gasteiger partial charge >= 0.3 is 0 Å². The molecule has 2 heteroatoms.